The highest BCUT2D eigenvalue weighted by atomic mass is 35.5. The summed E-state index contributed by atoms with van der Waals surface area (Å²) >= 11 is 7.27. The second kappa shape index (κ2) is 11.6. The molecular weight excluding hydrogens is 446 g/mol. The molecular formula is C25H30ClNO4S. The fourth-order valence-corrected chi connectivity index (χ4v) is 5.11. The van der Waals surface area contributed by atoms with Crippen molar-refractivity contribution in [2.45, 2.75) is 63.7 Å². The van der Waals surface area contributed by atoms with E-state index < -0.39 is 5.97 Å². The molecule has 2 aromatic rings. The molecule has 2 aromatic carbocycles. The fraction of sp³-hybridized carbons (Fsp3) is 0.440. The molecule has 0 radical (unpaired) electrons. The quantitative estimate of drug-likeness (QED) is 0.393. The number of carboxylic acids is 1. The standard InChI is InChI=1S/C25H30ClNO4S/c1-16-12-20(31-11-10-18-6-4-3-5-7-18)13-17(2)24(16)32-25(30)27-22-14-19(15-23(28)29)8-9-21(22)26/h8-9,12-14,18H,3-7,10-11,15H2,1-2H3,(H,27,30)(H,28,29). The van der Waals surface area contributed by atoms with Crippen LogP contribution in [0, 0.1) is 19.8 Å². The maximum Gasteiger partial charge on any atom is 0.307 e. The molecule has 3 rings (SSSR count). The Morgan fingerprint density at radius 3 is 2.47 bits per heavy atom. The van der Waals surface area contributed by atoms with Gasteiger partial charge in [-0.1, -0.05) is 49.8 Å². The summed E-state index contributed by atoms with van der Waals surface area (Å²) in [6.07, 6.45) is 7.64. The normalized spacial score (nSPS) is 14.2. The van der Waals surface area contributed by atoms with Gasteiger partial charge in [0.05, 0.1) is 23.7 Å². The first kappa shape index (κ1) is 24.5. The second-order valence-electron chi connectivity index (χ2n) is 8.43. The molecule has 0 aromatic heterocycles. The molecule has 0 atom stereocenters. The van der Waals surface area contributed by atoms with Crippen molar-refractivity contribution in [3.8, 4) is 5.75 Å². The highest BCUT2D eigenvalue weighted by molar-refractivity contribution is 8.14. The lowest BCUT2D eigenvalue weighted by atomic mass is 9.87. The number of benzene rings is 2. The Morgan fingerprint density at radius 2 is 1.81 bits per heavy atom. The van der Waals surface area contributed by atoms with Gasteiger partial charge in [-0.15, -0.1) is 0 Å². The number of nitrogens with one attached hydrogen (secondary N) is 1. The third-order valence-corrected chi connectivity index (χ3v) is 7.24. The number of aryl methyl sites for hydroxylation is 2. The number of thioether (sulfide) groups is 1. The van der Waals surface area contributed by atoms with E-state index in [0.717, 1.165) is 52.5 Å². The molecule has 32 heavy (non-hydrogen) atoms. The van der Waals surface area contributed by atoms with Crippen LogP contribution in [0.1, 0.15) is 55.2 Å². The number of anilines is 1. The van der Waals surface area contributed by atoms with Crippen molar-refractivity contribution in [1.82, 2.24) is 0 Å². The lowest BCUT2D eigenvalue weighted by molar-refractivity contribution is -0.136. The monoisotopic (exact) mass is 475 g/mol. The summed E-state index contributed by atoms with van der Waals surface area (Å²) in [6.45, 7) is 4.66. The van der Waals surface area contributed by atoms with Gasteiger partial charge in [0.25, 0.3) is 5.24 Å². The van der Waals surface area contributed by atoms with Gasteiger partial charge in [-0.05, 0) is 78.9 Å². The highest BCUT2D eigenvalue weighted by Gasteiger charge is 2.16. The Labute approximate surface area is 198 Å². The Morgan fingerprint density at radius 1 is 1.12 bits per heavy atom. The van der Waals surface area contributed by atoms with Crippen LogP contribution in [-0.2, 0) is 11.2 Å². The van der Waals surface area contributed by atoms with E-state index in [1.165, 1.54) is 32.1 Å². The molecule has 1 saturated carbocycles. The van der Waals surface area contributed by atoms with Crippen LogP contribution in [0.4, 0.5) is 10.5 Å². The van der Waals surface area contributed by atoms with E-state index in [9.17, 15) is 9.59 Å². The van der Waals surface area contributed by atoms with E-state index in [4.69, 9.17) is 21.4 Å². The van der Waals surface area contributed by atoms with Crippen molar-refractivity contribution in [3.05, 3.63) is 52.0 Å². The highest BCUT2D eigenvalue weighted by Crippen LogP contribution is 2.33. The van der Waals surface area contributed by atoms with Crippen LogP contribution in [0.5, 0.6) is 5.75 Å². The van der Waals surface area contributed by atoms with Gasteiger partial charge in [0.1, 0.15) is 5.75 Å². The topological polar surface area (TPSA) is 75.6 Å². The molecule has 0 saturated heterocycles. The van der Waals surface area contributed by atoms with Crippen LogP contribution >= 0.6 is 23.4 Å². The van der Waals surface area contributed by atoms with Crippen molar-refractivity contribution in [2.24, 2.45) is 5.92 Å². The van der Waals surface area contributed by atoms with Gasteiger partial charge in [-0.3, -0.25) is 9.59 Å². The van der Waals surface area contributed by atoms with Crippen LogP contribution in [0.3, 0.4) is 0 Å². The van der Waals surface area contributed by atoms with E-state index in [1.807, 2.05) is 26.0 Å². The summed E-state index contributed by atoms with van der Waals surface area (Å²) in [5.41, 5.74) is 2.93. The second-order valence-corrected chi connectivity index (χ2v) is 9.82. The zero-order valence-corrected chi connectivity index (χ0v) is 20.2. The predicted octanol–water partition coefficient (Wildman–Crippen LogP) is 7.26. The van der Waals surface area contributed by atoms with Crippen molar-refractivity contribution in [2.75, 3.05) is 11.9 Å². The van der Waals surface area contributed by atoms with Crippen LogP contribution in [-0.4, -0.2) is 22.9 Å². The Bertz CT molecular complexity index is 949. The summed E-state index contributed by atoms with van der Waals surface area (Å²) in [5, 5.41) is 11.8. The van der Waals surface area contributed by atoms with Gasteiger partial charge in [0.15, 0.2) is 0 Å². The number of amides is 1. The minimum atomic E-state index is -0.939. The first-order chi connectivity index (χ1) is 15.3. The molecule has 5 nitrogen and oxygen atoms in total. The molecule has 1 amide bonds. The SMILES string of the molecule is Cc1cc(OCCC2CCCCC2)cc(C)c1SC(=O)Nc1cc(CC(=O)O)ccc1Cl. The Kier molecular flexibility index (Phi) is 8.88. The average molecular weight is 476 g/mol. The van der Waals surface area contributed by atoms with Gasteiger partial charge >= 0.3 is 5.97 Å². The Balaban J connectivity index is 1.59. The molecule has 0 spiro atoms. The zero-order valence-electron chi connectivity index (χ0n) is 18.6. The molecule has 1 fully saturated rings. The largest absolute Gasteiger partial charge is 0.494 e. The van der Waals surface area contributed by atoms with Gasteiger partial charge in [-0.25, -0.2) is 0 Å². The van der Waals surface area contributed by atoms with Gasteiger partial charge in [-0.2, -0.15) is 0 Å². The third kappa shape index (κ3) is 7.17. The first-order valence-corrected chi connectivity index (χ1v) is 12.2. The summed E-state index contributed by atoms with van der Waals surface area (Å²) in [5.74, 6) is 0.682. The first-order valence-electron chi connectivity index (χ1n) is 11.0. The molecule has 7 heteroatoms. The lowest BCUT2D eigenvalue weighted by Gasteiger charge is -2.21. The predicted molar refractivity (Wildman–Crippen MR) is 130 cm³/mol. The number of halogens is 1. The van der Waals surface area contributed by atoms with Crippen molar-refractivity contribution in [3.63, 3.8) is 0 Å². The van der Waals surface area contributed by atoms with E-state index in [2.05, 4.69) is 5.32 Å². The number of aliphatic carboxylic acids is 1. The molecule has 2 N–H and O–H groups in total. The summed E-state index contributed by atoms with van der Waals surface area (Å²) in [6, 6.07) is 8.78. The van der Waals surface area contributed by atoms with Crippen molar-refractivity contribution >= 4 is 40.3 Å². The lowest BCUT2D eigenvalue weighted by Crippen LogP contribution is -2.11. The third-order valence-electron chi connectivity index (χ3n) is 5.77. The molecule has 1 aliphatic rings. The van der Waals surface area contributed by atoms with Crippen LogP contribution in [0.15, 0.2) is 35.2 Å². The average Bonchev–Trinajstić information content (AvgIpc) is 2.73. The number of carbonyl (C=O) groups is 2. The summed E-state index contributed by atoms with van der Waals surface area (Å²) in [7, 11) is 0. The van der Waals surface area contributed by atoms with Gasteiger partial charge in [0, 0.05) is 4.90 Å². The number of hydrogen-bond acceptors (Lipinski definition) is 4. The molecule has 1 aliphatic carbocycles. The van der Waals surface area contributed by atoms with Crippen molar-refractivity contribution < 1.29 is 19.4 Å². The number of ether oxygens (including phenoxy) is 1. The number of rotatable bonds is 8. The molecule has 0 unspecified atom stereocenters. The number of carbonyl (C=O) groups excluding carboxylic acids is 1. The summed E-state index contributed by atoms with van der Waals surface area (Å²) in [4.78, 5) is 24.5. The maximum absolute atomic E-state index is 12.6. The minimum Gasteiger partial charge on any atom is -0.494 e. The van der Waals surface area contributed by atoms with E-state index in [0.29, 0.717) is 16.3 Å². The molecule has 172 valence electrons. The Hall–Kier alpha value is -2.18. The molecule has 0 aliphatic heterocycles. The van der Waals surface area contributed by atoms with E-state index in [1.54, 1.807) is 18.2 Å². The summed E-state index contributed by atoms with van der Waals surface area (Å²) < 4.78 is 6.01. The van der Waals surface area contributed by atoms with Crippen molar-refractivity contribution in [1.29, 1.82) is 0 Å². The van der Waals surface area contributed by atoms with E-state index in [-0.39, 0.29) is 11.7 Å². The van der Waals surface area contributed by atoms with Crippen LogP contribution < -0.4 is 10.1 Å². The van der Waals surface area contributed by atoms with Gasteiger partial charge < -0.3 is 15.2 Å². The number of carboxylic acid groups (broad SMARTS) is 1. The van der Waals surface area contributed by atoms with Gasteiger partial charge in [0.2, 0.25) is 0 Å². The van der Waals surface area contributed by atoms with E-state index >= 15 is 0 Å². The minimum absolute atomic E-state index is 0.131. The van der Waals surface area contributed by atoms with Crippen LogP contribution in [0.25, 0.3) is 0 Å². The molecule has 0 heterocycles. The smallest absolute Gasteiger partial charge is 0.307 e. The van der Waals surface area contributed by atoms with Crippen LogP contribution in [0.2, 0.25) is 5.02 Å². The maximum atomic E-state index is 12.6. The fourth-order valence-electron chi connectivity index (χ4n) is 4.16. The number of hydrogen-bond donors (Lipinski definition) is 2. The zero-order chi connectivity index (χ0) is 23.1. The molecule has 0 bridgehead atoms.